The van der Waals surface area contributed by atoms with Gasteiger partial charge in [0, 0.05) is 6.20 Å². The molecule has 0 aliphatic rings. The van der Waals surface area contributed by atoms with Crippen LogP contribution in [-0.4, -0.2) is 27.7 Å². The number of unbranched alkanes of at least 4 members (excludes halogenated alkanes) is 1. The molecule has 0 aliphatic heterocycles. The van der Waals surface area contributed by atoms with Gasteiger partial charge >= 0.3 is 12.0 Å². The first-order valence-electron chi connectivity index (χ1n) is 6.36. The zero-order valence-electron chi connectivity index (χ0n) is 10.9. The average Bonchev–Trinajstić information content (AvgIpc) is 2.39. The number of rotatable bonds is 8. The Bertz CT molecular complexity index is 382. The lowest BCUT2D eigenvalue weighted by Crippen LogP contribution is -2.13. The predicted molar refractivity (Wildman–Crippen MR) is 67.8 cm³/mol. The molecule has 0 amide bonds. The number of hydrogen-bond acceptors (Lipinski definition) is 4. The van der Waals surface area contributed by atoms with Crippen LogP contribution < -0.4 is 4.74 Å². The van der Waals surface area contributed by atoms with E-state index in [4.69, 9.17) is 9.84 Å². The van der Waals surface area contributed by atoms with E-state index in [1.165, 1.54) is 25.1 Å². The summed E-state index contributed by atoms with van der Waals surface area (Å²) in [7, 11) is 0. The highest BCUT2D eigenvalue weighted by atomic mass is 16.5. The quantitative estimate of drug-likeness (QED) is 0.770. The molecular formula is C13H20N2O3. The van der Waals surface area contributed by atoms with Crippen molar-refractivity contribution in [2.45, 2.75) is 39.5 Å². The largest absolute Gasteiger partial charge is 0.477 e. The van der Waals surface area contributed by atoms with E-state index in [0.717, 1.165) is 12.8 Å². The molecule has 0 saturated heterocycles. The monoisotopic (exact) mass is 252 g/mol. The van der Waals surface area contributed by atoms with Crippen molar-refractivity contribution in [1.82, 2.24) is 9.97 Å². The van der Waals surface area contributed by atoms with Gasteiger partial charge in [-0.2, -0.15) is 4.98 Å². The van der Waals surface area contributed by atoms with E-state index in [0.29, 0.717) is 12.5 Å². The number of aromatic carboxylic acids is 1. The highest BCUT2D eigenvalue weighted by Crippen LogP contribution is 2.14. The molecule has 0 bridgehead atoms. The maximum Gasteiger partial charge on any atom is 0.354 e. The lowest BCUT2D eigenvalue weighted by Gasteiger charge is -2.14. The first-order chi connectivity index (χ1) is 8.67. The Balaban J connectivity index is 2.51. The highest BCUT2D eigenvalue weighted by Gasteiger charge is 2.10. The van der Waals surface area contributed by atoms with Gasteiger partial charge in [0.2, 0.25) is 0 Å². The van der Waals surface area contributed by atoms with E-state index in [2.05, 4.69) is 23.8 Å². The lowest BCUT2D eigenvalue weighted by atomic mass is 10.0. The van der Waals surface area contributed by atoms with Gasteiger partial charge in [0.25, 0.3) is 0 Å². The van der Waals surface area contributed by atoms with Crippen molar-refractivity contribution in [1.29, 1.82) is 0 Å². The van der Waals surface area contributed by atoms with Crippen molar-refractivity contribution < 1.29 is 14.6 Å². The van der Waals surface area contributed by atoms with Crippen molar-refractivity contribution in [3.05, 3.63) is 18.0 Å². The fourth-order valence-corrected chi connectivity index (χ4v) is 1.62. The van der Waals surface area contributed by atoms with Crippen LogP contribution in [0.5, 0.6) is 6.01 Å². The molecule has 1 heterocycles. The lowest BCUT2D eigenvalue weighted by molar-refractivity contribution is 0.0688. The third kappa shape index (κ3) is 4.69. The Morgan fingerprint density at radius 2 is 2.28 bits per heavy atom. The summed E-state index contributed by atoms with van der Waals surface area (Å²) >= 11 is 0. The molecule has 0 fully saturated rings. The summed E-state index contributed by atoms with van der Waals surface area (Å²) in [5.74, 6) is -0.595. The van der Waals surface area contributed by atoms with Crippen LogP contribution in [0, 0.1) is 5.92 Å². The maximum atomic E-state index is 10.7. The number of aromatic nitrogens is 2. The fourth-order valence-electron chi connectivity index (χ4n) is 1.62. The predicted octanol–water partition coefficient (Wildman–Crippen LogP) is 2.77. The van der Waals surface area contributed by atoms with Gasteiger partial charge in [-0.05, 0) is 18.4 Å². The Morgan fingerprint density at radius 1 is 1.50 bits per heavy atom. The van der Waals surface area contributed by atoms with Crippen molar-refractivity contribution in [3.8, 4) is 6.01 Å². The first kappa shape index (κ1) is 14.4. The summed E-state index contributed by atoms with van der Waals surface area (Å²) in [5.41, 5.74) is -0.0402. The molecule has 0 spiro atoms. The van der Waals surface area contributed by atoms with Crippen LogP contribution in [0.25, 0.3) is 0 Å². The van der Waals surface area contributed by atoms with Crippen LogP contribution >= 0.6 is 0 Å². The van der Waals surface area contributed by atoms with E-state index in [-0.39, 0.29) is 11.7 Å². The van der Waals surface area contributed by atoms with Crippen LogP contribution in [0.4, 0.5) is 0 Å². The summed E-state index contributed by atoms with van der Waals surface area (Å²) in [5, 5.41) is 8.80. The van der Waals surface area contributed by atoms with Gasteiger partial charge in [0.15, 0.2) is 5.69 Å². The van der Waals surface area contributed by atoms with Crippen molar-refractivity contribution in [2.24, 2.45) is 5.92 Å². The molecule has 1 N–H and O–H groups in total. The van der Waals surface area contributed by atoms with Crippen LogP contribution in [0.15, 0.2) is 12.3 Å². The zero-order chi connectivity index (χ0) is 13.4. The van der Waals surface area contributed by atoms with E-state index in [1.54, 1.807) is 0 Å². The van der Waals surface area contributed by atoms with Gasteiger partial charge < -0.3 is 9.84 Å². The molecule has 1 aromatic heterocycles. The van der Waals surface area contributed by atoms with Gasteiger partial charge in [0.05, 0.1) is 6.61 Å². The summed E-state index contributed by atoms with van der Waals surface area (Å²) in [4.78, 5) is 18.5. The van der Waals surface area contributed by atoms with Gasteiger partial charge in [-0.1, -0.05) is 33.1 Å². The minimum Gasteiger partial charge on any atom is -0.477 e. The van der Waals surface area contributed by atoms with Crippen LogP contribution in [-0.2, 0) is 0 Å². The second-order valence-electron chi connectivity index (χ2n) is 4.26. The highest BCUT2D eigenvalue weighted by molar-refractivity contribution is 5.85. The second kappa shape index (κ2) is 7.63. The topological polar surface area (TPSA) is 72.3 Å². The number of ether oxygens (including phenoxy) is 1. The molecule has 18 heavy (non-hydrogen) atoms. The number of carboxylic acid groups (broad SMARTS) is 1. The summed E-state index contributed by atoms with van der Waals surface area (Å²) in [6.45, 7) is 4.82. The van der Waals surface area contributed by atoms with Crippen molar-refractivity contribution in [2.75, 3.05) is 6.61 Å². The molecular weight excluding hydrogens is 232 g/mol. The van der Waals surface area contributed by atoms with E-state index < -0.39 is 5.97 Å². The second-order valence-corrected chi connectivity index (χ2v) is 4.26. The maximum absolute atomic E-state index is 10.7. The van der Waals surface area contributed by atoms with Gasteiger partial charge in [-0.3, -0.25) is 0 Å². The molecule has 0 aliphatic carbocycles. The molecule has 1 unspecified atom stereocenters. The fraction of sp³-hybridized carbons (Fsp3) is 0.615. The summed E-state index contributed by atoms with van der Waals surface area (Å²) < 4.78 is 5.46. The standard InChI is InChI=1S/C13H20N2O3/c1-3-5-6-10(4-2)9-18-13-14-8-7-11(15-13)12(16)17/h7-8,10H,3-6,9H2,1-2H3,(H,16,17). The smallest absolute Gasteiger partial charge is 0.354 e. The van der Waals surface area contributed by atoms with Crippen LogP contribution in [0.2, 0.25) is 0 Å². The molecule has 1 rings (SSSR count). The zero-order valence-corrected chi connectivity index (χ0v) is 10.9. The van der Waals surface area contributed by atoms with Gasteiger partial charge in [-0.15, -0.1) is 0 Å². The van der Waals surface area contributed by atoms with Crippen molar-refractivity contribution in [3.63, 3.8) is 0 Å². The number of hydrogen-bond donors (Lipinski definition) is 1. The normalized spacial score (nSPS) is 12.1. The third-order valence-electron chi connectivity index (χ3n) is 2.84. The molecule has 0 aromatic carbocycles. The number of carboxylic acids is 1. The molecule has 100 valence electrons. The average molecular weight is 252 g/mol. The van der Waals surface area contributed by atoms with E-state index >= 15 is 0 Å². The SMILES string of the molecule is CCCCC(CC)COc1nccc(C(=O)O)n1. The Labute approximate surface area is 107 Å². The molecule has 5 heteroatoms. The van der Waals surface area contributed by atoms with Crippen LogP contribution in [0.3, 0.4) is 0 Å². The first-order valence-corrected chi connectivity index (χ1v) is 6.36. The molecule has 0 radical (unpaired) electrons. The summed E-state index contributed by atoms with van der Waals surface area (Å²) in [6, 6.07) is 1.49. The van der Waals surface area contributed by atoms with E-state index in [9.17, 15) is 4.79 Å². The minimum atomic E-state index is -1.07. The number of carbonyl (C=O) groups is 1. The van der Waals surface area contributed by atoms with Crippen molar-refractivity contribution >= 4 is 5.97 Å². The Morgan fingerprint density at radius 3 is 2.89 bits per heavy atom. The third-order valence-corrected chi connectivity index (χ3v) is 2.84. The Hall–Kier alpha value is -1.65. The molecule has 1 atom stereocenters. The molecule has 1 aromatic rings. The van der Waals surface area contributed by atoms with Gasteiger partial charge in [-0.25, -0.2) is 9.78 Å². The summed E-state index contributed by atoms with van der Waals surface area (Å²) in [6.07, 6.45) is 5.91. The Kier molecular flexibility index (Phi) is 6.11. The van der Waals surface area contributed by atoms with Gasteiger partial charge in [0.1, 0.15) is 0 Å². The molecule has 5 nitrogen and oxygen atoms in total. The molecule has 0 saturated carbocycles. The minimum absolute atomic E-state index is 0.0402. The van der Waals surface area contributed by atoms with E-state index in [1.807, 2.05) is 0 Å². The van der Waals surface area contributed by atoms with Crippen LogP contribution in [0.1, 0.15) is 50.0 Å². The number of nitrogens with zero attached hydrogens (tertiary/aromatic N) is 2.